The van der Waals surface area contributed by atoms with Gasteiger partial charge in [-0.2, -0.15) is 5.10 Å². The first kappa shape index (κ1) is 13.7. The first-order chi connectivity index (χ1) is 10.1. The van der Waals surface area contributed by atoms with E-state index in [0.717, 1.165) is 0 Å². The lowest BCUT2D eigenvalue weighted by Gasteiger charge is -2.43. The minimum atomic E-state index is -0.808. The topological polar surface area (TPSA) is 69.0 Å². The van der Waals surface area contributed by atoms with Gasteiger partial charge in [0.1, 0.15) is 30.1 Å². The Morgan fingerprint density at radius 2 is 2.24 bits per heavy atom. The van der Waals surface area contributed by atoms with Crippen LogP contribution in [0.25, 0.3) is 0 Å². The SMILES string of the molecule is CC(C(=O)NC1(c2ccccc2F)COC1)n1cncn1. The zero-order valence-electron chi connectivity index (χ0n) is 11.5. The van der Waals surface area contributed by atoms with Crippen LogP contribution in [0, 0.1) is 5.82 Å². The van der Waals surface area contributed by atoms with E-state index < -0.39 is 11.6 Å². The van der Waals surface area contributed by atoms with Gasteiger partial charge in [0.15, 0.2) is 0 Å². The molecule has 1 aliphatic heterocycles. The quantitative estimate of drug-likeness (QED) is 0.913. The van der Waals surface area contributed by atoms with Crippen LogP contribution >= 0.6 is 0 Å². The monoisotopic (exact) mass is 290 g/mol. The number of carbonyl (C=O) groups excluding carboxylic acids is 1. The van der Waals surface area contributed by atoms with Crippen LogP contribution in [0.2, 0.25) is 0 Å². The van der Waals surface area contributed by atoms with Gasteiger partial charge in [-0.25, -0.2) is 14.1 Å². The van der Waals surface area contributed by atoms with E-state index in [2.05, 4.69) is 15.4 Å². The second-order valence-corrected chi connectivity index (χ2v) is 5.10. The van der Waals surface area contributed by atoms with Crippen LogP contribution in [0.4, 0.5) is 4.39 Å². The molecule has 6 nitrogen and oxygen atoms in total. The van der Waals surface area contributed by atoms with E-state index >= 15 is 0 Å². The van der Waals surface area contributed by atoms with Crippen LogP contribution in [-0.4, -0.2) is 33.9 Å². The molecule has 1 aliphatic rings. The molecule has 0 aliphatic carbocycles. The van der Waals surface area contributed by atoms with Crippen LogP contribution in [0.1, 0.15) is 18.5 Å². The summed E-state index contributed by atoms with van der Waals surface area (Å²) in [6.07, 6.45) is 2.83. The Morgan fingerprint density at radius 1 is 1.48 bits per heavy atom. The highest BCUT2D eigenvalue weighted by Crippen LogP contribution is 2.31. The van der Waals surface area contributed by atoms with Crippen molar-refractivity contribution >= 4 is 5.91 Å². The number of amides is 1. The average Bonchev–Trinajstić information content (AvgIpc) is 2.97. The Bertz CT molecular complexity index is 640. The molecule has 0 radical (unpaired) electrons. The van der Waals surface area contributed by atoms with Crippen molar-refractivity contribution in [1.29, 1.82) is 0 Å². The van der Waals surface area contributed by atoms with Crippen LogP contribution in [-0.2, 0) is 15.1 Å². The largest absolute Gasteiger partial charge is 0.376 e. The molecule has 2 heterocycles. The minimum absolute atomic E-state index is 0.254. The summed E-state index contributed by atoms with van der Waals surface area (Å²) in [4.78, 5) is 16.2. The van der Waals surface area contributed by atoms with Crippen molar-refractivity contribution in [3.8, 4) is 0 Å². The van der Waals surface area contributed by atoms with Gasteiger partial charge in [0, 0.05) is 5.56 Å². The Morgan fingerprint density at radius 3 is 2.81 bits per heavy atom. The van der Waals surface area contributed by atoms with Crippen molar-refractivity contribution in [3.05, 3.63) is 48.3 Å². The zero-order chi connectivity index (χ0) is 14.9. The van der Waals surface area contributed by atoms with Gasteiger partial charge in [-0.3, -0.25) is 4.79 Å². The van der Waals surface area contributed by atoms with E-state index in [1.165, 1.54) is 23.4 Å². The third-order valence-electron chi connectivity index (χ3n) is 3.66. The van der Waals surface area contributed by atoms with E-state index in [0.29, 0.717) is 5.56 Å². The number of nitrogens with zero attached hydrogens (tertiary/aromatic N) is 3. The molecule has 2 aromatic rings. The summed E-state index contributed by atoms with van der Waals surface area (Å²) < 4.78 is 20.6. The predicted octanol–water partition coefficient (Wildman–Crippen LogP) is 1.02. The Kier molecular flexibility index (Phi) is 3.42. The van der Waals surface area contributed by atoms with Crippen LogP contribution in [0.5, 0.6) is 0 Å². The Balaban J connectivity index is 1.82. The van der Waals surface area contributed by atoms with Crippen molar-refractivity contribution in [3.63, 3.8) is 0 Å². The molecule has 0 spiro atoms. The standard InChI is InChI=1S/C14H15FN4O2/c1-10(19-9-16-8-17-19)13(20)18-14(6-21-7-14)11-4-2-3-5-12(11)15/h2-5,8-10H,6-7H2,1H3,(H,18,20). The molecule has 0 saturated carbocycles. The van der Waals surface area contributed by atoms with Crippen LogP contribution < -0.4 is 5.32 Å². The van der Waals surface area contributed by atoms with Gasteiger partial charge < -0.3 is 10.1 Å². The first-order valence-electron chi connectivity index (χ1n) is 6.61. The number of rotatable bonds is 4. The van der Waals surface area contributed by atoms with E-state index in [-0.39, 0.29) is 24.9 Å². The van der Waals surface area contributed by atoms with E-state index in [4.69, 9.17) is 4.74 Å². The molecule has 1 aromatic heterocycles. The Hall–Kier alpha value is -2.28. The molecule has 1 unspecified atom stereocenters. The highest BCUT2D eigenvalue weighted by Gasteiger charge is 2.44. The Labute approximate surface area is 120 Å². The number of nitrogens with one attached hydrogen (secondary N) is 1. The number of carbonyl (C=O) groups is 1. The van der Waals surface area contributed by atoms with Crippen LogP contribution in [0.3, 0.4) is 0 Å². The molecular formula is C14H15FN4O2. The van der Waals surface area contributed by atoms with E-state index in [1.807, 2.05) is 0 Å². The third kappa shape index (κ3) is 2.40. The fourth-order valence-electron chi connectivity index (χ4n) is 2.33. The van der Waals surface area contributed by atoms with Gasteiger partial charge >= 0.3 is 0 Å². The number of ether oxygens (including phenoxy) is 1. The summed E-state index contributed by atoms with van der Waals surface area (Å²) in [7, 11) is 0. The van der Waals surface area contributed by atoms with Crippen LogP contribution in [0.15, 0.2) is 36.9 Å². The zero-order valence-corrected chi connectivity index (χ0v) is 11.5. The summed E-state index contributed by atoms with van der Waals surface area (Å²) in [5.41, 5.74) is -0.368. The molecule has 1 N–H and O–H groups in total. The molecular weight excluding hydrogens is 275 g/mol. The second-order valence-electron chi connectivity index (χ2n) is 5.10. The molecule has 1 saturated heterocycles. The maximum Gasteiger partial charge on any atom is 0.245 e. The summed E-state index contributed by atoms with van der Waals surface area (Å²) in [6, 6.07) is 5.87. The van der Waals surface area contributed by atoms with Gasteiger partial charge in [-0.05, 0) is 13.0 Å². The van der Waals surface area contributed by atoms with Crippen molar-refractivity contribution in [2.45, 2.75) is 18.5 Å². The molecule has 1 fully saturated rings. The molecule has 1 amide bonds. The smallest absolute Gasteiger partial charge is 0.245 e. The summed E-state index contributed by atoms with van der Waals surface area (Å²) >= 11 is 0. The first-order valence-corrected chi connectivity index (χ1v) is 6.61. The number of aromatic nitrogens is 3. The molecule has 0 bridgehead atoms. The maximum absolute atomic E-state index is 14.0. The van der Waals surface area contributed by atoms with E-state index in [9.17, 15) is 9.18 Å². The highest BCUT2D eigenvalue weighted by atomic mass is 19.1. The number of hydrogen-bond acceptors (Lipinski definition) is 4. The van der Waals surface area contributed by atoms with Crippen molar-refractivity contribution in [2.75, 3.05) is 13.2 Å². The second kappa shape index (κ2) is 5.25. The molecule has 7 heteroatoms. The van der Waals surface area contributed by atoms with Gasteiger partial charge in [0.2, 0.25) is 5.91 Å². The number of hydrogen-bond donors (Lipinski definition) is 1. The van der Waals surface area contributed by atoms with Gasteiger partial charge in [0.05, 0.1) is 13.2 Å². The molecule has 1 aromatic carbocycles. The van der Waals surface area contributed by atoms with Gasteiger partial charge in [0.25, 0.3) is 0 Å². The summed E-state index contributed by atoms with van der Waals surface area (Å²) in [5, 5.41) is 6.82. The molecule has 110 valence electrons. The van der Waals surface area contributed by atoms with Crippen molar-refractivity contribution < 1.29 is 13.9 Å². The van der Waals surface area contributed by atoms with Gasteiger partial charge in [-0.1, -0.05) is 18.2 Å². The number of halogens is 1. The lowest BCUT2D eigenvalue weighted by Crippen LogP contribution is -2.60. The normalized spacial score (nSPS) is 17.8. The van der Waals surface area contributed by atoms with Gasteiger partial charge in [-0.15, -0.1) is 0 Å². The molecule has 21 heavy (non-hydrogen) atoms. The summed E-state index contributed by atoms with van der Waals surface area (Å²) in [6.45, 7) is 2.21. The average molecular weight is 290 g/mol. The lowest BCUT2D eigenvalue weighted by molar-refractivity contribution is -0.137. The fourth-order valence-corrected chi connectivity index (χ4v) is 2.33. The van der Waals surface area contributed by atoms with Crippen molar-refractivity contribution in [1.82, 2.24) is 20.1 Å². The highest BCUT2D eigenvalue weighted by molar-refractivity contribution is 5.81. The summed E-state index contributed by atoms with van der Waals surface area (Å²) in [5.74, 6) is -0.610. The third-order valence-corrected chi connectivity index (χ3v) is 3.66. The lowest BCUT2D eigenvalue weighted by atomic mass is 9.87. The minimum Gasteiger partial charge on any atom is -0.376 e. The maximum atomic E-state index is 14.0. The van der Waals surface area contributed by atoms with E-state index in [1.54, 1.807) is 25.1 Å². The number of benzene rings is 1. The molecule has 3 rings (SSSR count). The predicted molar refractivity (Wildman–Crippen MR) is 71.8 cm³/mol. The molecule has 1 atom stereocenters. The van der Waals surface area contributed by atoms with Crippen molar-refractivity contribution in [2.24, 2.45) is 0 Å². The fraction of sp³-hybridized carbons (Fsp3) is 0.357.